The van der Waals surface area contributed by atoms with Crippen molar-refractivity contribution in [3.63, 3.8) is 0 Å². The van der Waals surface area contributed by atoms with Crippen LogP contribution in [0.4, 0.5) is 0 Å². The van der Waals surface area contributed by atoms with Gasteiger partial charge in [-0.25, -0.2) is 0 Å². The molecule has 0 radical (unpaired) electrons. The minimum Gasteiger partial charge on any atom is -0.311 e. The summed E-state index contributed by atoms with van der Waals surface area (Å²) in [5.74, 6) is 0.569. The summed E-state index contributed by atoms with van der Waals surface area (Å²) in [4.78, 5) is 13.8. The number of piperazine rings is 1. The molecule has 74 valence electrons. The summed E-state index contributed by atoms with van der Waals surface area (Å²) in [6.45, 7) is 6.78. The predicted octanol–water partition coefficient (Wildman–Crippen LogP) is 0.258. The summed E-state index contributed by atoms with van der Waals surface area (Å²) in [5.41, 5.74) is 0. The summed E-state index contributed by atoms with van der Waals surface area (Å²) >= 11 is 0. The number of nitrogens with zero attached hydrogens (tertiary/aromatic N) is 1. The van der Waals surface area contributed by atoms with Gasteiger partial charge in [-0.3, -0.25) is 9.69 Å². The van der Waals surface area contributed by atoms with Crippen LogP contribution in [0.15, 0.2) is 0 Å². The van der Waals surface area contributed by atoms with E-state index in [4.69, 9.17) is 0 Å². The third-order valence-corrected chi connectivity index (χ3v) is 3.17. The molecule has 2 bridgehead atoms. The van der Waals surface area contributed by atoms with Crippen molar-refractivity contribution >= 4 is 5.78 Å². The molecule has 2 rings (SSSR count). The van der Waals surface area contributed by atoms with E-state index in [0.29, 0.717) is 24.4 Å². The Bertz CT molecular complexity index is 215. The van der Waals surface area contributed by atoms with Crippen LogP contribution in [-0.4, -0.2) is 42.4 Å². The van der Waals surface area contributed by atoms with Crippen molar-refractivity contribution in [1.29, 1.82) is 0 Å². The minimum atomic E-state index is 0.187. The largest absolute Gasteiger partial charge is 0.311 e. The summed E-state index contributed by atoms with van der Waals surface area (Å²) in [6, 6.07) is 1.29. The van der Waals surface area contributed by atoms with Crippen molar-refractivity contribution in [2.24, 2.45) is 5.92 Å². The number of hydrogen-bond acceptors (Lipinski definition) is 3. The van der Waals surface area contributed by atoms with Crippen LogP contribution in [0.3, 0.4) is 0 Å². The van der Waals surface area contributed by atoms with Gasteiger partial charge >= 0.3 is 0 Å². The van der Waals surface area contributed by atoms with Gasteiger partial charge in [0.2, 0.25) is 0 Å². The zero-order chi connectivity index (χ0) is 9.42. The molecule has 0 aromatic heterocycles. The molecule has 0 amide bonds. The van der Waals surface area contributed by atoms with E-state index in [9.17, 15) is 4.79 Å². The van der Waals surface area contributed by atoms with Crippen molar-refractivity contribution in [1.82, 2.24) is 10.2 Å². The fraction of sp³-hybridized carbons (Fsp3) is 0.900. The Morgan fingerprint density at radius 3 is 2.85 bits per heavy atom. The van der Waals surface area contributed by atoms with Crippen LogP contribution < -0.4 is 5.32 Å². The Balaban J connectivity index is 1.86. The van der Waals surface area contributed by atoms with Crippen LogP contribution in [0.25, 0.3) is 0 Å². The second kappa shape index (κ2) is 3.39. The summed E-state index contributed by atoms with van der Waals surface area (Å²) in [7, 11) is 0. The van der Waals surface area contributed by atoms with E-state index in [1.807, 2.05) is 13.8 Å². The highest BCUT2D eigenvalue weighted by molar-refractivity contribution is 5.82. The molecule has 2 heterocycles. The number of carbonyl (C=O) groups excluding carboxylic acids is 1. The lowest BCUT2D eigenvalue weighted by atomic mass is 10.1. The normalized spacial score (nSPS) is 33.2. The molecule has 0 unspecified atom stereocenters. The molecule has 0 saturated carbocycles. The topological polar surface area (TPSA) is 32.3 Å². The quantitative estimate of drug-likeness (QED) is 0.679. The predicted molar refractivity (Wildman–Crippen MR) is 51.6 cm³/mol. The molecule has 2 atom stereocenters. The highest BCUT2D eigenvalue weighted by Gasteiger charge is 2.38. The molecule has 0 aliphatic carbocycles. The van der Waals surface area contributed by atoms with Crippen molar-refractivity contribution in [2.45, 2.75) is 32.4 Å². The third kappa shape index (κ3) is 1.76. The average molecular weight is 182 g/mol. The molecular formula is C10H18N2O. The second-order valence-corrected chi connectivity index (χ2v) is 4.55. The van der Waals surface area contributed by atoms with E-state index in [0.717, 1.165) is 13.1 Å². The Morgan fingerprint density at radius 1 is 1.62 bits per heavy atom. The van der Waals surface area contributed by atoms with Gasteiger partial charge in [0.1, 0.15) is 5.78 Å². The highest BCUT2D eigenvalue weighted by Crippen LogP contribution is 2.22. The smallest absolute Gasteiger partial charge is 0.149 e. The zero-order valence-corrected chi connectivity index (χ0v) is 8.42. The van der Waals surface area contributed by atoms with Crippen molar-refractivity contribution < 1.29 is 4.79 Å². The van der Waals surface area contributed by atoms with E-state index in [1.165, 1.54) is 6.42 Å². The van der Waals surface area contributed by atoms with Crippen molar-refractivity contribution in [3.8, 4) is 0 Å². The summed E-state index contributed by atoms with van der Waals surface area (Å²) in [5, 5.41) is 3.44. The molecule has 2 fully saturated rings. The number of fused-ring (bicyclic) bond motifs is 2. The first-order valence-corrected chi connectivity index (χ1v) is 5.17. The fourth-order valence-electron chi connectivity index (χ4n) is 2.22. The van der Waals surface area contributed by atoms with Crippen molar-refractivity contribution in [2.75, 3.05) is 19.6 Å². The molecular weight excluding hydrogens is 164 g/mol. The van der Waals surface area contributed by atoms with Gasteiger partial charge in [-0.15, -0.1) is 0 Å². The number of ketones is 1. The fourth-order valence-corrected chi connectivity index (χ4v) is 2.22. The van der Waals surface area contributed by atoms with Gasteiger partial charge in [-0.2, -0.15) is 0 Å². The van der Waals surface area contributed by atoms with Gasteiger partial charge in [0.05, 0.1) is 6.54 Å². The third-order valence-electron chi connectivity index (χ3n) is 3.17. The minimum absolute atomic E-state index is 0.187. The molecule has 0 spiro atoms. The molecule has 2 saturated heterocycles. The molecule has 2 aliphatic rings. The van der Waals surface area contributed by atoms with E-state index in [2.05, 4.69) is 10.2 Å². The molecule has 1 N–H and O–H groups in total. The van der Waals surface area contributed by atoms with Crippen LogP contribution in [0, 0.1) is 5.92 Å². The number of rotatable bonds is 3. The highest BCUT2D eigenvalue weighted by atomic mass is 16.1. The number of likely N-dealkylation sites (tertiary alicyclic amines) is 1. The lowest BCUT2D eigenvalue weighted by Crippen LogP contribution is -2.46. The Kier molecular flexibility index (Phi) is 2.39. The van der Waals surface area contributed by atoms with E-state index in [-0.39, 0.29) is 5.92 Å². The maximum absolute atomic E-state index is 11.5. The van der Waals surface area contributed by atoms with Gasteiger partial charge in [0.25, 0.3) is 0 Å². The Hall–Kier alpha value is -0.410. The van der Waals surface area contributed by atoms with E-state index >= 15 is 0 Å². The lowest BCUT2D eigenvalue weighted by molar-refractivity contribution is -0.123. The maximum atomic E-state index is 11.5. The first-order valence-electron chi connectivity index (χ1n) is 5.17. The van der Waals surface area contributed by atoms with Gasteiger partial charge in [0.15, 0.2) is 0 Å². The Morgan fingerprint density at radius 2 is 2.38 bits per heavy atom. The van der Waals surface area contributed by atoms with Gasteiger partial charge < -0.3 is 5.32 Å². The van der Waals surface area contributed by atoms with Crippen LogP contribution in [0.2, 0.25) is 0 Å². The number of carbonyl (C=O) groups is 1. The van der Waals surface area contributed by atoms with Gasteiger partial charge in [-0.1, -0.05) is 13.8 Å². The molecule has 2 aliphatic heterocycles. The van der Waals surface area contributed by atoms with E-state index < -0.39 is 0 Å². The van der Waals surface area contributed by atoms with Crippen LogP contribution in [-0.2, 0) is 4.79 Å². The van der Waals surface area contributed by atoms with Gasteiger partial charge in [-0.05, 0) is 6.42 Å². The molecule has 13 heavy (non-hydrogen) atoms. The monoisotopic (exact) mass is 182 g/mol. The molecule has 3 heteroatoms. The zero-order valence-electron chi connectivity index (χ0n) is 8.42. The van der Waals surface area contributed by atoms with Crippen molar-refractivity contribution in [3.05, 3.63) is 0 Å². The lowest BCUT2D eigenvalue weighted by Gasteiger charge is -2.26. The summed E-state index contributed by atoms with van der Waals surface area (Å²) < 4.78 is 0. The SMILES string of the molecule is CC(C)C(=O)CN1C[C@@H]2C[C@H]1CN2. The Labute approximate surface area is 79.5 Å². The molecule has 3 nitrogen and oxygen atoms in total. The summed E-state index contributed by atoms with van der Waals surface area (Å²) in [6.07, 6.45) is 1.24. The van der Waals surface area contributed by atoms with Gasteiger partial charge in [0, 0.05) is 31.1 Å². The standard InChI is InChI=1S/C10H18N2O/c1-7(2)10(13)6-12-5-8-3-9(12)4-11-8/h7-9,11H,3-6H2,1-2H3/t8-,9-/m0/s1. The second-order valence-electron chi connectivity index (χ2n) is 4.55. The molecule has 0 aromatic rings. The average Bonchev–Trinajstić information content (AvgIpc) is 2.64. The van der Waals surface area contributed by atoms with Crippen LogP contribution in [0.5, 0.6) is 0 Å². The molecule has 0 aromatic carbocycles. The number of nitrogens with one attached hydrogen (secondary N) is 1. The number of hydrogen-bond donors (Lipinski definition) is 1. The first kappa shape index (κ1) is 9.16. The van der Waals surface area contributed by atoms with E-state index in [1.54, 1.807) is 0 Å². The number of Topliss-reactive ketones (excluding diaryl/α,β-unsaturated/α-hetero) is 1. The van der Waals surface area contributed by atoms with Crippen LogP contribution >= 0.6 is 0 Å². The first-order chi connectivity index (χ1) is 6.16. The maximum Gasteiger partial charge on any atom is 0.149 e. The van der Waals surface area contributed by atoms with Crippen LogP contribution in [0.1, 0.15) is 20.3 Å².